The van der Waals surface area contributed by atoms with Gasteiger partial charge in [0.1, 0.15) is 6.33 Å². The Bertz CT molecular complexity index is 762. The summed E-state index contributed by atoms with van der Waals surface area (Å²) in [6.07, 6.45) is 4.95. The minimum Gasteiger partial charge on any atom is -0.244 e. The quantitative estimate of drug-likeness (QED) is 0.580. The standard InChI is InChI=1S/C16H14N6/c1-3-7-14(8-4-1)11-17-20-16-21-18-13-22(16)19-12-15-9-5-2-6-10-15/h1-13H,(H,20,21). The van der Waals surface area contributed by atoms with E-state index in [1.54, 1.807) is 12.4 Å². The molecule has 0 bridgehead atoms. The predicted octanol–water partition coefficient (Wildman–Crippen LogP) is 2.61. The molecule has 1 N–H and O–H groups in total. The van der Waals surface area contributed by atoms with Crippen LogP contribution in [0.5, 0.6) is 0 Å². The molecule has 0 fully saturated rings. The van der Waals surface area contributed by atoms with Crippen molar-refractivity contribution in [1.29, 1.82) is 0 Å². The molecule has 0 spiro atoms. The number of hydrogen-bond donors (Lipinski definition) is 1. The number of nitrogens with one attached hydrogen (secondary N) is 1. The summed E-state index contributed by atoms with van der Waals surface area (Å²) in [7, 11) is 0. The predicted molar refractivity (Wildman–Crippen MR) is 87.1 cm³/mol. The molecule has 0 aliphatic heterocycles. The Morgan fingerprint density at radius 1 is 0.864 bits per heavy atom. The van der Waals surface area contributed by atoms with Gasteiger partial charge in [-0.1, -0.05) is 60.7 Å². The maximum atomic E-state index is 4.29. The highest BCUT2D eigenvalue weighted by molar-refractivity contribution is 5.80. The fourth-order valence-electron chi connectivity index (χ4n) is 1.76. The van der Waals surface area contributed by atoms with Gasteiger partial charge < -0.3 is 0 Å². The van der Waals surface area contributed by atoms with Gasteiger partial charge >= 0.3 is 0 Å². The Morgan fingerprint density at radius 3 is 2.18 bits per heavy atom. The molecule has 3 aromatic rings. The number of rotatable bonds is 5. The van der Waals surface area contributed by atoms with Crippen molar-refractivity contribution in [2.45, 2.75) is 0 Å². The summed E-state index contributed by atoms with van der Waals surface area (Å²) in [6, 6.07) is 19.6. The van der Waals surface area contributed by atoms with Crippen molar-refractivity contribution >= 4 is 18.4 Å². The lowest BCUT2D eigenvalue weighted by Crippen LogP contribution is -1.99. The van der Waals surface area contributed by atoms with Gasteiger partial charge in [-0.25, -0.2) is 5.43 Å². The molecule has 108 valence electrons. The third-order valence-corrected chi connectivity index (χ3v) is 2.84. The van der Waals surface area contributed by atoms with E-state index in [9.17, 15) is 0 Å². The van der Waals surface area contributed by atoms with Crippen molar-refractivity contribution in [2.75, 3.05) is 5.43 Å². The van der Waals surface area contributed by atoms with Crippen LogP contribution in [-0.4, -0.2) is 27.3 Å². The minimum atomic E-state index is 0.444. The van der Waals surface area contributed by atoms with Crippen LogP contribution in [0, 0.1) is 0 Å². The maximum absolute atomic E-state index is 4.29. The maximum Gasteiger partial charge on any atom is 0.265 e. The van der Waals surface area contributed by atoms with Gasteiger partial charge in [0.25, 0.3) is 5.95 Å². The van der Waals surface area contributed by atoms with Crippen molar-refractivity contribution in [2.24, 2.45) is 10.2 Å². The van der Waals surface area contributed by atoms with Gasteiger partial charge in [0.05, 0.1) is 12.4 Å². The highest BCUT2D eigenvalue weighted by Gasteiger charge is 1.99. The lowest BCUT2D eigenvalue weighted by molar-refractivity contribution is 0.879. The molecule has 0 aliphatic carbocycles. The number of hydrazone groups is 1. The average molecular weight is 290 g/mol. The number of benzene rings is 2. The lowest BCUT2D eigenvalue weighted by atomic mass is 10.2. The number of anilines is 1. The summed E-state index contributed by atoms with van der Waals surface area (Å²) in [5, 5.41) is 16.2. The SMILES string of the molecule is C(=NNc1nncn1N=Cc1ccccc1)c1ccccc1. The van der Waals surface area contributed by atoms with Crippen LogP contribution in [0.4, 0.5) is 5.95 Å². The van der Waals surface area contributed by atoms with Gasteiger partial charge in [-0.15, -0.1) is 10.2 Å². The van der Waals surface area contributed by atoms with Crippen molar-refractivity contribution in [1.82, 2.24) is 14.9 Å². The molecule has 0 saturated heterocycles. The van der Waals surface area contributed by atoms with Gasteiger partial charge in [-0.05, 0) is 11.1 Å². The van der Waals surface area contributed by atoms with Crippen LogP contribution in [0.25, 0.3) is 0 Å². The molecular formula is C16H14N6. The summed E-state index contributed by atoms with van der Waals surface area (Å²) in [5.74, 6) is 0.444. The molecule has 3 rings (SSSR count). The Labute approximate surface area is 127 Å². The zero-order chi connectivity index (χ0) is 15.0. The van der Waals surface area contributed by atoms with E-state index >= 15 is 0 Å². The van der Waals surface area contributed by atoms with Crippen molar-refractivity contribution in [3.05, 3.63) is 78.1 Å². The summed E-state index contributed by atoms with van der Waals surface area (Å²) < 4.78 is 1.52. The van der Waals surface area contributed by atoms with Crippen LogP contribution >= 0.6 is 0 Å². The van der Waals surface area contributed by atoms with E-state index < -0.39 is 0 Å². The van der Waals surface area contributed by atoms with E-state index in [-0.39, 0.29) is 0 Å². The Morgan fingerprint density at radius 2 is 1.50 bits per heavy atom. The molecule has 0 atom stereocenters. The molecule has 0 aliphatic rings. The van der Waals surface area contributed by atoms with E-state index in [1.165, 1.54) is 11.0 Å². The highest BCUT2D eigenvalue weighted by Crippen LogP contribution is 2.03. The van der Waals surface area contributed by atoms with Gasteiger partial charge in [0.2, 0.25) is 0 Å². The zero-order valence-corrected chi connectivity index (χ0v) is 11.7. The largest absolute Gasteiger partial charge is 0.265 e. The zero-order valence-electron chi connectivity index (χ0n) is 11.7. The fourth-order valence-corrected chi connectivity index (χ4v) is 1.76. The van der Waals surface area contributed by atoms with E-state index in [0.29, 0.717) is 5.95 Å². The molecule has 0 saturated carbocycles. The molecule has 6 nitrogen and oxygen atoms in total. The first kappa shape index (κ1) is 13.7. The van der Waals surface area contributed by atoms with Crippen molar-refractivity contribution < 1.29 is 0 Å². The first-order valence-corrected chi connectivity index (χ1v) is 6.75. The molecule has 1 heterocycles. The van der Waals surface area contributed by atoms with Crippen molar-refractivity contribution in [3.63, 3.8) is 0 Å². The molecule has 0 radical (unpaired) electrons. The second-order valence-electron chi connectivity index (χ2n) is 4.44. The summed E-state index contributed by atoms with van der Waals surface area (Å²) >= 11 is 0. The first-order chi connectivity index (χ1) is 10.9. The van der Waals surface area contributed by atoms with Crippen LogP contribution in [0.2, 0.25) is 0 Å². The van der Waals surface area contributed by atoms with Crippen LogP contribution in [-0.2, 0) is 0 Å². The fraction of sp³-hybridized carbons (Fsp3) is 0. The van der Waals surface area contributed by atoms with Crippen LogP contribution in [0.15, 0.2) is 77.2 Å². The topological polar surface area (TPSA) is 67.5 Å². The Kier molecular flexibility index (Phi) is 4.32. The molecule has 6 heteroatoms. The molecule has 1 aromatic heterocycles. The second-order valence-corrected chi connectivity index (χ2v) is 4.44. The third-order valence-electron chi connectivity index (χ3n) is 2.84. The first-order valence-electron chi connectivity index (χ1n) is 6.75. The molecule has 22 heavy (non-hydrogen) atoms. The summed E-state index contributed by atoms with van der Waals surface area (Å²) in [5.41, 5.74) is 4.81. The van der Waals surface area contributed by atoms with Gasteiger partial charge in [-0.2, -0.15) is 14.9 Å². The smallest absolute Gasteiger partial charge is 0.244 e. The second kappa shape index (κ2) is 6.94. The molecular weight excluding hydrogens is 276 g/mol. The normalized spacial score (nSPS) is 11.3. The van der Waals surface area contributed by atoms with Crippen LogP contribution < -0.4 is 5.43 Å². The van der Waals surface area contributed by atoms with Gasteiger partial charge in [0.15, 0.2) is 0 Å². The van der Waals surface area contributed by atoms with Gasteiger partial charge in [-0.3, -0.25) is 0 Å². The number of hydrogen-bond acceptors (Lipinski definition) is 5. The Balaban J connectivity index is 1.67. The Hall–Kier alpha value is -3.28. The van der Waals surface area contributed by atoms with E-state index in [0.717, 1.165) is 11.1 Å². The van der Waals surface area contributed by atoms with Crippen LogP contribution in [0.3, 0.4) is 0 Å². The summed E-state index contributed by atoms with van der Waals surface area (Å²) in [4.78, 5) is 0. The highest BCUT2D eigenvalue weighted by atomic mass is 15.5. The van der Waals surface area contributed by atoms with E-state index in [2.05, 4.69) is 25.8 Å². The molecule has 0 amide bonds. The average Bonchev–Trinajstić information content (AvgIpc) is 3.02. The monoisotopic (exact) mass is 290 g/mol. The number of nitrogens with zero attached hydrogens (tertiary/aromatic N) is 5. The van der Waals surface area contributed by atoms with Crippen molar-refractivity contribution in [3.8, 4) is 0 Å². The minimum absolute atomic E-state index is 0.444. The summed E-state index contributed by atoms with van der Waals surface area (Å²) in [6.45, 7) is 0. The lowest BCUT2D eigenvalue weighted by Gasteiger charge is -1.99. The third kappa shape index (κ3) is 3.63. The molecule has 2 aromatic carbocycles. The molecule has 0 unspecified atom stereocenters. The number of aromatic nitrogens is 3. The van der Waals surface area contributed by atoms with Crippen LogP contribution in [0.1, 0.15) is 11.1 Å². The van der Waals surface area contributed by atoms with E-state index in [4.69, 9.17) is 0 Å². The van der Waals surface area contributed by atoms with E-state index in [1.807, 2.05) is 60.7 Å². The van der Waals surface area contributed by atoms with Gasteiger partial charge in [0, 0.05) is 0 Å².